The van der Waals surface area contributed by atoms with Gasteiger partial charge in [0.1, 0.15) is 24.2 Å². The molecule has 0 saturated heterocycles. The summed E-state index contributed by atoms with van der Waals surface area (Å²) in [5.74, 6) is 2.01. The maximum atomic E-state index is 12.9. The van der Waals surface area contributed by atoms with Gasteiger partial charge in [0.15, 0.2) is 5.96 Å². The fourth-order valence-electron chi connectivity index (χ4n) is 2.51. The Hall–Kier alpha value is -2.71. The van der Waals surface area contributed by atoms with Crippen LogP contribution in [0.2, 0.25) is 0 Å². The molecule has 6 nitrogen and oxygen atoms in total. The smallest absolute Gasteiger partial charge is 0.416 e. The molecule has 1 aromatic carbocycles. The van der Waals surface area contributed by atoms with Gasteiger partial charge in [0.05, 0.1) is 17.8 Å². The average molecular weight is 412 g/mol. The summed E-state index contributed by atoms with van der Waals surface area (Å²) in [6.45, 7) is 8.86. The van der Waals surface area contributed by atoms with Crippen LogP contribution in [0, 0.1) is 13.8 Å². The summed E-state index contributed by atoms with van der Waals surface area (Å²) in [5, 5.41) is 6.26. The van der Waals surface area contributed by atoms with Crippen molar-refractivity contribution in [2.24, 2.45) is 4.99 Å². The number of aliphatic imine (C=N–C) groups is 1. The monoisotopic (exact) mass is 412 g/mol. The summed E-state index contributed by atoms with van der Waals surface area (Å²) in [5.41, 5.74) is 0.0953. The molecule has 1 unspecified atom stereocenters. The van der Waals surface area contributed by atoms with Crippen molar-refractivity contribution in [1.29, 1.82) is 0 Å². The fraction of sp³-hybridized carbons (Fsp3) is 0.500. The molecule has 1 heterocycles. The number of alkyl halides is 3. The number of guanidine groups is 1. The van der Waals surface area contributed by atoms with Crippen molar-refractivity contribution in [2.75, 3.05) is 13.1 Å². The van der Waals surface area contributed by atoms with Crippen molar-refractivity contribution in [2.45, 2.75) is 52.9 Å². The zero-order chi connectivity index (χ0) is 21.4. The number of ether oxygens (including phenoxy) is 1. The van der Waals surface area contributed by atoms with Crippen LogP contribution in [0.4, 0.5) is 13.2 Å². The Morgan fingerprint density at radius 2 is 2.00 bits per heavy atom. The normalized spacial score (nSPS) is 13.3. The second-order valence-electron chi connectivity index (χ2n) is 6.50. The number of halogens is 3. The van der Waals surface area contributed by atoms with E-state index in [1.54, 1.807) is 0 Å². The summed E-state index contributed by atoms with van der Waals surface area (Å²) < 4.78 is 49.9. The lowest BCUT2D eigenvalue weighted by Gasteiger charge is -2.20. The second kappa shape index (κ2) is 10.2. The first-order chi connectivity index (χ1) is 13.7. The van der Waals surface area contributed by atoms with E-state index in [1.807, 2.05) is 27.7 Å². The number of aryl methyl sites for hydroxylation is 2. The van der Waals surface area contributed by atoms with Gasteiger partial charge in [-0.1, -0.05) is 13.0 Å². The predicted octanol–water partition coefficient (Wildman–Crippen LogP) is 4.22. The van der Waals surface area contributed by atoms with Crippen LogP contribution in [0.15, 0.2) is 33.7 Å². The summed E-state index contributed by atoms with van der Waals surface area (Å²) in [7, 11) is 0. The van der Waals surface area contributed by atoms with Gasteiger partial charge < -0.3 is 19.8 Å². The van der Waals surface area contributed by atoms with Crippen molar-refractivity contribution >= 4 is 5.96 Å². The minimum atomic E-state index is -4.40. The standard InChI is InChI=1S/C20H27F3N4O2/c1-5-16(29-17-9-7-8-15(10-17)20(21,22)23)11-25-19(24-6-2)26-12-18-27-13(3)14(4)28-18/h7-10,16H,5-6,11-12H2,1-4H3,(H2,24,25,26). The maximum absolute atomic E-state index is 12.9. The quantitative estimate of drug-likeness (QED) is 0.502. The van der Waals surface area contributed by atoms with E-state index in [1.165, 1.54) is 12.1 Å². The van der Waals surface area contributed by atoms with Gasteiger partial charge in [-0.25, -0.2) is 9.98 Å². The van der Waals surface area contributed by atoms with E-state index in [0.717, 1.165) is 23.6 Å². The predicted molar refractivity (Wildman–Crippen MR) is 105 cm³/mol. The molecule has 0 spiro atoms. The number of oxazole rings is 1. The highest BCUT2D eigenvalue weighted by Crippen LogP contribution is 2.31. The van der Waals surface area contributed by atoms with E-state index in [4.69, 9.17) is 9.15 Å². The number of hydrogen-bond acceptors (Lipinski definition) is 4. The van der Waals surface area contributed by atoms with Gasteiger partial charge in [0.25, 0.3) is 0 Å². The molecule has 0 aliphatic heterocycles. The summed E-state index contributed by atoms with van der Waals surface area (Å²) >= 11 is 0. The third-order valence-corrected chi connectivity index (χ3v) is 4.21. The Labute approximate surface area is 168 Å². The van der Waals surface area contributed by atoms with Gasteiger partial charge in [-0.2, -0.15) is 13.2 Å². The Kier molecular flexibility index (Phi) is 7.92. The lowest BCUT2D eigenvalue weighted by atomic mass is 10.2. The average Bonchev–Trinajstić information content (AvgIpc) is 3.00. The van der Waals surface area contributed by atoms with E-state index < -0.39 is 11.7 Å². The first-order valence-electron chi connectivity index (χ1n) is 9.51. The molecule has 0 aliphatic carbocycles. The molecule has 0 fully saturated rings. The van der Waals surface area contributed by atoms with E-state index in [0.29, 0.717) is 31.4 Å². The Balaban J connectivity index is 1.98. The number of aromatic nitrogens is 1. The van der Waals surface area contributed by atoms with Gasteiger partial charge in [-0.05, 0) is 45.4 Å². The Bertz CT molecular complexity index is 799. The molecule has 9 heteroatoms. The zero-order valence-corrected chi connectivity index (χ0v) is 17.1. The number of nitrogens with one attached hydrogen (secondary N) is 2. The lowest BCUT2D eigenvalue weighted by Crippen LogP contribution is -2.42. The molecule has 0 aliphatic rings. The molecule has 2 rings (SSSR count). The van der Waals surface area contributed by atoms with Crippen LogP contribution >= 0.6 is 0 Å². The van der Waals surface area contributed by atoms with Crippen molar-refractivity contribution < 1.29 is 22.3 Å². The van der Waals surface area contributed by atoms with Crippen molar-refractivity contribution in [3.8, 4) is 5.75 Å². The summed E-state index contributed by atoms with van der Waals surface area (Å²) in [4.78, 5) is 8.72. The van der Waals surface area contributed by atoms with Crippen LogP contribution in [0.3, 0.4) is 0 Å². The number of hydrogen-bond donors (Lipinski definition) is 2. The van der Waals surface area contributed by atoms with Gasteiger partial charge in [-0.15, -0.1) is 0 Å². The van der Waals surface area contributed by atoms with Crippen LogP contribution in [0.5, 0.6) is 5.75 Å². The molecule has 0 bridgehead atoms. The van der Waals surface area contributed by atoms with Crippen LogP contribution < -0.4 is 15.4 Å². The molecular weight excluding hydrogens is 385 g/mol. The van der Waals surface area contributed by atoms with E-state index in [9.17, 15) is 13.2 Å². The summed E-state index contributed by atoms with van der Waals surface area (Å²) in [6.07, 6.45) is -4.12. The van der Waals surface area contributed by atoms with Crippen molar-refractivity contribution in [1.82, 2.24) is 15.6 Å². The van der Waals surface area contributed by atoms with E-state index >= 15 is 0 Å². The Morgan fingerprint density at radius 3 is 2.59 bits per heavy atom. The van der Waals surface area contributed by atoms with Crippen LogP contribution in [-0.2, 0) is 12.7 Å². The first-order valence-corrected chi connectivity index (χ1v) is 9.51. The largest absolute Gasteiger partial charge is 0.489 e. The third-order valence-electron chi connectivity index (χ3n) is 4.21. The molecule has 1 aromatic heterocycles. The van der Waals surface area contributed by atoms with Gasteiger partial charge in [0, 0.05) is 6.54 Å². The maximum Gasteiger partial charge on any atom is 0.416 e. The number of nitrogens with zero attached hydrogens (tertiary/aromatic N) is 2. The highest BCUT2D eigenvalue weighted by atomic mass is 19.4. The minimum Gasteiger partial charge on any atom is -0.489 e. The van der Waals surface area contributed by atoms with E-state index in [2.05, 4.69) is 20.6 Å². The molecule has 2 N–H and O–H groups in total. The third kappa shape index (κ3) is 6.99. The highest BCUT2D eigenvalue weighted by Gasteiger charge is 2.30. The minimum absolute atomic E-state index is 0.182. The van der Waals surface area contributed by atoms with Crippen LogP contribution in [0.25, 0.3) is 0 Å². The number of benzene rings is 1. The zero-order valence-electron chi connectivity index (χ0n) is 17.1. The van der Waals surface area contributed by atoms with Crippen LogP contribution in [0.1, 0.15) is 43.2 Å². The van der Waals surface area contributed by atoms with Crippen molar-refractivity contribution in [3.05, 3.63) is 47.2 Å². The molecule has 2 aromatic rings. The first kappa shape index (κ1) is 22.6. The van der Waals surface area contributed by atoms with Gasteiger partial charge in [-0.3, -0.25) is 0 Å². The highest BCUT2D eigenvalue weighted by molar-refractivity contribution is 5.79. The molecular formula is C20H27F3N4O2. The van der Waals surface area contributed by atoms with Crippen LogP contribution in [-0.4, -0.2) is 30.1 Å². The summed E-state index contributed by atoms with van der Waals surface area (Å²) in [6, 6.07) is 4.89. The molecule has 1 atom stereocenters. The molecule has 0 radical (unpaired) electrons. The molecule has 0 amide bonds. The lowest BCUT2D eigenvalue weighted by molar-refractivity contribution is -0.137. The van der Waals surface area contributed by atoms with Gasteiger partial charge >= 0.3 is 6.18 Å². The fourth-order valence-corrected chi connectivity index (χ4v) is 2.51. The molecule has 29 heavy (non-hydrogen) atoms. The SMILES string of the molecule is CCNC(=NCc1nc(C)c(C)o1)NCC(CC)Oc1cccc(C(F)(F)F)c1. The number of rotatable bonds is 8. The van der Waals surface area contributed by atoms with E-state index in [-0.39, 0.29) is 18.4 Å². The van der Waals surface area contributed by atoms with Crippen molar-refractivity contribution in [3.63, 3.8) is 0 Å². The molecule has 0 saturated carbocycles. The van der Waals surface area contributed by atoms with Gasteiger partial charge in [0.2, 0.25) is 5.89 Å². The second-order valence-corrected chi connectivity index (χ2v) is 6.50. The topological polar surface area (TPSA) is 71.7 Å². The Morgan fingerprint density at radius 1 is 1.24 bits per heavy atom. The molecule has 160 valence electrons.